The van der Waals surface area contributed by atoms with Crippen LogP contribution in [-0.2, 0) is 4.79 Å². The molecule has 1 saturated carbocycles. The van der Waals surface area contributed by atoms with Crippen molar-refractivity contribution in [3.63, 3.8) is 0 Å². The normalized spacial score (nSPS) is 13.7. The zero-order valence-corrected chi connectivity index (χ0v) is 18.0. The predicted octanol–water partition coefficient (Wildman–Crippen LogP) is 4.29. The largest absolute Gasteiger partial charge is 0.489 e. The van der Waals surface area contributed by atoms with Gasteiger partial charge in [0, 0.05) is 30.7 Å². The lowest BCUT2D eigenvalue weighted by Crippen LogP contribution is -2.36. The van der Waals surface area contributed by atoms with Crippen molar-refractivity contribution in [1.29, 1.82) is 0 Å². The van der Waals surface area contributed by atoms with Crippen molar-refractivity contribution in [2.75, 3.05) is 17.3 Å². The quantitative estimate of drug-likeness (QED) is 0.605. The first-order chi connectivity index (χ1) is 14.5. The van der Waals surface area contributed by atoms with Crippen molar-refractivity contribution >= 4 is 34.1 Å². The molecule has 0 spiro atoms. The molecular formula is C21H24N6O2S. The first-order valence-electron chi connectivity index (χ1n) is 9.97. The van der Waals surface area contributed by atoms with Crippen molar-refractivity contribution in [2.45, 2.75) is 39.2 Å². The molecule has 3 heterocycles. The van der Waals surface area contributed by atoms with Gasteiger partial charge in [0.25, 0.3) is 0 Å². The van der Waals surface area contributed by atoms with Gasteiger partial charge in [0.05, 0.1) is 18.0 Å². The van der Waals surface area contributed by atoms with Crippen molar-refractivity contribution < 1.29 is 9.53 Å². The summed E-state index contributed by atoms with van der Waals surface area (Å²) in [5.41, 5.74) is 1.38. The fourth-order valence-corrected chi connectivity index (χ4v) is 3.72. The highest BCUT2D eigenvalue weighted by Crippen LogP contribution is 2.33. The summed E-state index contributed by atoms with van der Waals surface area (Å²) < 4.78 is 10.0. The number of hydrogen-bond donors (Lipinski definition) is 1. The Kier molecular flexibility index (Phi) is 5.89. The van der Waals surface area contributed by atoms with Crippen LogP contribution in [0, 0.1) is 5.92 Å². The number of nitrogens with zero attached hydrogens (tertiary/aromatic N) is 5. The van der Waals surface area contributed by atoms with Gasteiger partial charge in [-0.2, -0.15) is 9.36 Å². The number of carbonyl (C=O) groups is 1. The van der Waals surface area contributed by atoms with Gasteiger partial charge in [-0.1, -0.05) is 6.42 Å². The van der Waals surface area contributed by atoms with E-state index in [1.807, 2.05) is 38.1 Å². The van der Waals surface area contributed by atoms with Crippen LogP contribution in [0.25, 0.3) is 11.5 Å². The van der Waals surface area contributed by atoms with E-state index >= 15 is 0 Å². The van der Waals surface area contributed by atoms with Gasteiger partial charge in [-0.15, -0.1) is 0 Å². The van der Waals surface area contributed by atoms with Crippen LogP contribution < -0.4 is 15.0 Å². The Labute approximate surface area is 179 Å². The van der Waals surface area contributed by atoms with Gasteiger partial charge in [-0.05, 0) is 51.0 Å². The molecule has 1 fully saturated rings. The number of nitrogens with one attached hydrogen (secondary N) is 1. The maximum atomic E-state index is 12.6. The van der Waals surface area contributed by atoms with E-state index < -0.39 is 0 Å². The Balaban J connectivity index is 1.49. The van der Waals surface area contributed by atoms with Gasteiger partial charge in [-0.3, -0.25) is 4.79 Å². The molecule has 0 saturated heterocycles. The van der Waals surface area contributed by atoms with Gasteiger partial charge in [0.15, 0.2) is 11.6 Å². The molecule has 1 N–H and O–H groups in total. The highest BCUT2D eigenvalue weighted by atomic mass is 32.1. The summed E-state index contributed by atoms with van der Waals surface area (Å²) in [6.07, 6.45) is 6.48. The Hall–Kier alpha value is -3.07. The highest BCUT2D eigenvalue weighted by Gasteiger charge is 2.29. The minimum absolute atomic E-state index is 0.0905. The maximum Gasteiger partial charge on any atom is 0.229 e. The zero-order valence-electron chi connectivity index (χ0n) is 17.2. The third-order valence-corrected chi connectivity index (χ3v) is 5.55. The summed E-state index contributed by atoms with van der Waals surface area (Å²) >= 11 is 1.22. The van der Waals surface area contributed by atoms with Crippen molar-refractivity contribution in [3.05, 3.63) is 36.7 Å². The van der Waals surface area contributed by atoms with Gasteiger partial charge in [0.2, 0.25) is 11.0 Å². The Morgan fingerprint density at radius 1 is 1.27 bits per heavy atom. The molecule has 8 nitrogen and oxygen atoms in total. The van der Waals surface area contributed by atoms with Gasteiger partial charge < -0.3 is 15.0 Å². The summed E-state index contributed by atoms with van der Waals surface area (Å²) in [5, 5.41) is 3.78. The summed E-state index contributed by atoms with van der Waals surface area (Å²) in [5.74, 6) is 2.05. The number of anilines is 3. The SMILES string of the molecule is CC(C)Oc1ccc(-c2nsc(Nc3ncccc3N(C)C(=O)C3CCC3)n2)nc1. The topological polar surface area (TPSA) is 93.1 Å². The number of rotatable bonds is 7. The standard InChI is InChI=1S/C21H24N6O2S/c1-13(2)29-15-9-10-16(23-12-15)18-24-21(30-26-18)25-19-17(8-5-11-22-19)27(3)20(28)14-6-4-7-14/h5,8-14H,4,6-7H2,1-3H3,(H,22,24,25,26). The van der Waals surface area contributed by atoms with Crippen LogP contribution in [0.15, 0.2) is 36.7 Å². The summed E-state index contributed by atoms with van der Waals surface area (Å²) in [6, 6.07) is 7.39. The second-order valence-corrected chi connectivity index (χ2v) is 8.24. The van der Waals surface area contributed by atoms with Gasteiger partial charge >= 0.3 is 0 Å². The lowest BCUT2D eigenvalue weighted by atomic mass is 9.84. The molecule has 0 atom stereocenters. The molecule has 0 bridgehead atoms. The zero-order chi connectivity index (χ0) is 21.1. The summed E-state index contributed by atoms with van der Waals surface area (Å²) in [4.78, 5) is 27.6. The van der Waals surface area contributed by atoms with E-state index in [0.29, 0.717) is 28.2 Å². The van der Waals surface area contributed by atoms with Crippen LogP contribution in [0.1, 0.15) is 33.1 Å². The molecule has 0 radical (unpaired) electrons. The molecule has 156 valence electrons. The molecule has 4 rings (SSSR count). The molecular weight excluding hydrogens is 400 g/mol. The number of hydrogen-bond acceptors (Lipinski definition) is 8. The number of pyridine rings is 2. The Morgan fingerprint density at radius 2 is 2.10 bits per heavy atom. The van der Waals surface area contributed by atoms with Crippen LogP contribution >= 0.6 is 11.5 Å². The second-order valence-electron chi connectivity index (χ2n) is 7.49. The smallest absolute Gasteiger partial charge is 0.229 e. The fourth-order valence-electron chi connectivity index (χ4n) is 3.15. The molecule has 0 aromatic carbocycles. The molecule has 9 heteroatoms. The molecule has 1 amide bonds. The third-order valence-electron chi connectivity index (χ3n) is 4.92. The van der Waals surface area contributed by atoms with Gasteiger partial charge in [-0.25, -0.2) is 9.97 Å². The molecule has 0 unspecified atom stereocenters. The molecule has 1 aliphatic carbocycles. The van der Waals surface area contributed by atoms with Crippen LogP contribution in [0.5, 0.6) is 5.75 Å². The molecule has 0 aliphatic heterocycles. The number of aromatic nitrogens is 4. The van der Waals surface area contributed by atoms with Crippen LogP contribution in [-0.4, -0.2) is 38.4 Å². The average Bonchev–Trinajstić information content (AvgIpc) is 3.15. The summed E-state index contributed by atoms with van der Waals surface area (Å²) in [7, 11) is 1.79. The van der Waals surface area contributed by atoms with E-state index in [-0.39, 0.29) is 17.9 Å². The van der Waals surface area contributed by atoms with E-state index in [1.165, 1.54) is 11.5 Å². The first kappa shape index (κ1) is 20.2. The maximum absolute atomic E-state index is 12.6. The first-order valence-corrected chi connectivity index (χ1v) is 10.7. The third kappa shape index (κ3) is 4.40. The predicted molar refractivity (Wildman–Crippen MR) is 117 cm³/mol. The fraction of sp³-hybridized carbons (Fsp3) is 0.381. The number of carbonyl (C=O) groups excluding carboxylic acids is 1. The Morgan fingerprint density at radius 3 is 2.77 bits per heavy atom. The van der Waals surface area contributed by atoms with Crippen molar-refractivity contribution in [3.8, 4) is 17.3 Å². The van der Waals surface area contributed by atoms with Crippen molar-refractivity contribution in [1.82, 2.24) is 19.3 Å². The number of amides is 1. The van der Waals surface area contributed by atoms with Crippen molar-refractivity contribution in [2.24, 2.45) is 5.92 Å². The molecule has 3 aromatic heterocycles. The second kappa shape index (κ2) is 8.74. The van der Waals surface area contributed by atoms with Crippen LogP contribution in [0.4, 0.5) is 16.6 Å². The van der Waals surface area contributed by atoms with E-state index in [0.717, 1.165) is 24.9 Å². The minimum atomic E-state index is 0.0905. The lowest BCUT2D eigenvalue weighted by molar-refractivity contribution is -0.124. The monoisotopic (exact) mass is 424 g/mol. The molecule has 1 aliphatic rings. The van der Waals surface area contributed by atoms with E-state index in [2.05, 4.69) is 24.6 Å². The van der Waals surface area contributed by atoms with E-state index in [4.69, 9.17) is 4.74 Å². The highest BCUT2D eigenvalue weighted by molar-refractivity contribution is 7.09. The lowest BCUT2D eigenvalue weighted by Gasteiger charge is -2.29. The minimum Gasteiger partial charge on any atom is -0.489 e. The molecule has 30 heavy (non-hydrogen) atoms. The van der Waals surface area contributed by atoms with Crippen LogP contribution in [0.3, 0.4) is 0 Å². The van der Waals surface area contributed by atoms with Gasteiger partial charge in [0.1, 0.15) is 11.4 Å². The van der Waals surface area contributed by atoms with E-state index in [9.17, 15) is 4.79 Å². The molecule has 3 aromatic rings. The number of ether oxygens (including phenoxy) is 1. The van der Waals surface area contributed by atoms with E-state index in [1.54, 1.807) is 24.3 Å². The summed E-state index contributed by atoms with van der Waals surface area (Å²) in [6.45, 7) is 3.94. The Bertz CT molecular complexity index is 1020. The van der Waals surface area contributed by atoms with Crippen LogP contribution in [0.2, 0.25) is 0 Å². The average molecular weight is 425 g/mol.